The maximum atomic E-state index is 12.1. The average molecular weight is 254 g/mol. The number of nitriles is 1. The Hall–Kier alpha value is -1.58. The molecule has 5 nitrogen and oxygen atoms in total. The van der Waals surface area contributed by atoms with Crippen LogP contribution in [0.3, 0.4) is 0 Å². The monoisotopic (exact) mass is 254 g/mol. The summed E-state index contributed by atoms with van der Waals surface area (Å²) in [5.41, 5.74) is 0. The summed E-state index contributed by atoms with van der Waals surface area (Å²) in [6.07, 6.45) is 0.158. The van der Waals surface area contributed by atoms with Gasteiger partial charge in [0, 0.05) is 19.5 Å². The Morgan fingerprint density at radius 1 is 1.35 bits per heavy atom. The zero-order valence-electron chi connectivity index (χ0n) is 9.50. The van der Waals surface area contributed by atoms with Crippen molar-refractivity contribution in [2.24, 2.45) is 0 Å². The maximum Gasteiger partial charge on any atom is 0.243 e. The van der Waals surface area contributed by atoms with Gasteiger partial charge in [0.25, 0.3) is 0 Å². The quantitative estimate of drug-likeness (QED) is 0.859. The largest absolute Gasteiger partial charge is 0.508 e. The molecule has 0 aliphatic heterocycles. The van der Waals surface area contributed by atoms with Gasteiger partial charge in [-0.2, -0.15) is 9.57 Å². The fourth-order valence-electron chi connectivity index (χ4n) is 1.39. The number of phenols is 1. The normalized spacial score (nSPS) is 11.4. The molecule has 6 heteroatoms. The van der Waals surface area contributed by atoms with E-state index in [-0.39, 0.29) is 23.6 Å². The van der Waals surface area contributed by atoms with E-state index in [9.17, 15) is 8.42 Å². The average Bonchev–Trinajstić information content (AvgIpc) is 2.30. The van der Waals surface area contributed by atoms with E-state index in [1.807, 2.05) is 6.07 Å². The van der Waals surface area contributed by atoms with E-state index in [4.69, 9.17) is 10.4 Å². The number of sulfonamides is 1. The summed E-state index contributed by atoms with van der Waals surface area (Å²) in [6.45, 7) is 2.20. The van der Waals surface area contributed by atoms with E-state index in [1.54, 1.807) is 6.92 Å². The van der Waals surface area contributed by atoms with Gasteiger partial charge in [-0.05, 0) is 24.3 Å². The summed E-state index contributed by atoms with van der Waals surface area (Å²) in [7, 11) is -3.57. The molecule has 0 spiro atoms. The van der Waals surface area contributed by atoms with Crippen LogP contribution in [0.25, 0.3) is 0 Å². The van der Waals surface area contributed by atoms with Crippen molar-refractivity contribution in [1.82, 2.24) is 4.31 Å². The second-order valence-corrected chi connectivity index (χ2v) is 5.34. The number of phenolic OH excluding ortho intramolecular Hbond substituents is 1. The molecule has 0 unspecified atom stereocenters. The number of hydrogen-bond acceptors (Lipinski definition) is 4. The second-order valence-electron chi connectivity index (χ2n) is 3.40. The van der Waals surface area contributed by atoms with Crippen LogP contribution in [0.2, 0.25) is 0 Å². The third-order valence-electron chi connectivity index (χ3n) is 2.30. The van der Waals surface area contributed by atoms with Crippen molar-refractivity contribution < 1.29 is 13.5 Å². The van der Waals surface area contributed by atoms with Gasteiger partial charge in [0.2, 0.25) is 10.0 Å². The van der Waals surface area contributed by atoms with Crippen molar-refractivity contribution in [3.8, 4) is 11.8 Å². The molecule has 0 saturated carbocycles. The fourth-order valence-corrected chi connectivity index (χ4v) is 2.84. The van der Waals surface area contributed by atoms with Gasteiger partial charge in [-0.1, -0.05) is 6.92 Å². The molecule has 0 atom stereocenters. The lowest BCUT2D eigenvalue weighted by Crippen LogP contribution is -2.31. The van der Waals surface area contributed by atoms with Crippen molar-refractivity contribution in [3.05, 3.63) is 24.3 Å². The zero-order valence-corrected chi connectivity index (χ0v) is 10.3. The highest BCUT2D eigenvalue weighted by molar-refractivity contribution is 7.89. The minimum absolute atomic E-state index is 0.0176. The molecule has 0 aliphatic rings. The number of aromatic hydroxyl groups is 1. The highest BCUT2D eigenvalue weighted by Gasteiger charge is 2.22. The molecule has 0 saturated heterocycles. The molecule has 0 amide bonds. The molecule has 0 aliphatic carbocycles. The molecule has 0 bridgehead atoms. The van der Waals surface area contributed by atoms with Gasteiger partial charge in [0.05, 0.1) is 11.0 Å². The topological polar surface area (TPSA) is 81.4 Å². The lowest BCUT2D eigenvalue weighted by Gasteiger charge is -2.19. The molecule has 0 radical (unpaired) electrons. The summed E-state index contributed by atoms with van der Waals surface area (Å²) in [5, 5.41) is 17.6. The van der Waals surface area contributed by atoms with Crippen molar-refractivity contribution >= 4 is 10.0 Å². The van der Waals surface area contributed by atoms with Crippen LogP contribution in [0, 0.1) is 11.3 Å². The highest BCUT2D eigenvalue weighted by Crippen LogP contribution is 2.18. The third kappa shape index (κ3) is 3.19. The van der Waals surface area contributed by atoms with Gasteiger partial charge in [0.1, 0.15) is 5.75 Å². The number of hydrogen-bond donors (Lipinski definition) is 1. The van der Waals surface area contributed by atoms with E-state index in [0.717, 1.165) is 0 Å². The summed E-state index contributed by atoms with van der Waals surface area (Å²) < 4.78 is 25.5. The van der Waals surface area contributed by atoms with E-state index < -0.39 is 10.0 Å². The van der Waals surface area contributed by atoms with Gasteiger partial charge in [0.15, 0.2) is 0 Å². The summed E-state index contributed by atoms with van der Waals surface area (Å²) >= 11 is 0. The molecule has 92 valence electrons. The molecule has 0 heterocycles. The van der Waals surface area contributed by atoms with Crippen LogP contribution in [-0.2, 0) is 10.0 Å². The van der Waals surface area contributed by atoms with Crippen molar-refractivity contribution in [2.75, 3.05) is 13.1 Å². The molecule has 1 aromatic rings. The minimum Gasteiger partial charge on any atom is -0.508 e. The Morgan fingerprint density at radius 3 is 2.41 bits per heavy atom. The van der Waals surface area contributed by atoms with Crippen LogP contribution >= 0.6 is 0 Å². The molecule has 17 heavy (non-hydrogen) atoms. The molecule has 1 rings (SSSR count). The van der Waals surface area contributed by atoms with Gasteiger partial charge in [-0.25, -0.2) is 8.42 Å². The fraction of sp³-hybridized carbons (Fsp3) is 0.364. The number of nitrogens with zero attached hydrogens (tertiary/aromatic N) is 2. The van der Waals surface area contributed by atoms with E-state index in [1.165, 1.54) is 28.6 Å². The predicted octanol–water partition coefficient (Wildman–Crippen LogP) is 1.32. The summed E-state index contributed by atoms with van der Waals surface area (Å²) in [6, 6.07) is 7.26. The SMILES string of the molecule is CCN(CCC#N)S(=O)(=O)c1ccc(O)cc1. The summed E-state index contributed by atoms with van der Waals surface area (Å²) in [5.74, 6) is 0.0176. The van der Waals surface area contributed by atoms with E-state index in [0.29, 0.717) is 6.54 Å². The molecule has 1 aromatic carbocycles. The van der Waals surface area contributed by atoms with Crippen LogP contribution in [0.4, 0.5) is 0 Å². The molecule has 0 fully saturated rings. The maximum absolute atomic E-state index is 12.1. The molecular weight excluding hydrogens is 240 g/mol. The summed E-state index contributed by atoms with van der Waals surface area (Å²) in [4.78, 5) is 0.120. The number of benzene rings is 1. The first-order valence-corrected chi connectivity index (χ1v) is 6.62. The second kappa shape index (κ2) is 5.66. The third-order valence-corrected chi connectivity index (χ3v) is 4.29. The van der Waals surface area contributed by atoms with Crippen LogP contribution in [-0.4, -0.2) is 30.9 Å². The first-order chi connectivity index (χ1) is 8.02. The lowest BCUT2D eigenvalue weighted by atomic mass is 10.3. The van der Waals surface area contributed by atoms with Gasteiger partial charge >= 0.3 is 0 Å². The zero-order chi connectivity index (χ0) is 12.9. The Kier molecular flexibility index (Phi) is 4.49. The lowest BCUT2D eigenvalue weighted by molar-refractivity contribution is 0.434. The van der Waals surface area contributed by atoms with Crippen LogP contribution in [0.5, 0.6) is 5.75 Å². The molecule has 1 N–H and O–H groups in total. The van der Waals surface area contributed by atoms with Gasteiger partial charge < -0.3 is 5.11 Å². The van der Waals surface area contributed by atoms with E-state index in [2.05, 4.69) is 0 Å². The van der Waals surface area contributed by atoms with Crippen molar-refractivity contribution in [2.45, 2.75) is 18.2 Å². The van der Waals surface area contributed by atoms with E-state index >= 15 is 0 Å². The van der Waals surface area contributed by atoms with Crippen LogP contribution in [0.1, 0.15) is 13.3 Å². The van der Waals surface area contributed by atoms with Crippen LogP contribution in [0.15, 0.2) is 29.2 Å². The Morgan fingerprint density at radius 2 is 1.94 bits per heavy atom. The minimum atomic E-state index is -3.57. The molecule has 0 aromatic heterocycles. The Bertz CT molecular complexity index is 503. The molecular formula is C11H14N2O3S. The van der Waals surface area contributed by atoms with Crippen molar-refractivity contribution in [1.29, 1.82) is 5.26 Å². The Balaban J connectivity index is 3.00. The highest BCUT2D eigenvalue weighted by atomic mass is 32.2. The first kappa shape index (κ1) is 13.5. The van der Waals surface area contributed by atoms with Crippen molar-refractivity contribution in [3.63, 3.8) is 0 Å². The van der Waals surface area contributed by atoms with Crippen LogP contribution < -0.4 is 0 Å². The standard InChI is InChI=1S/C11H14N2O3S/c1-2-13(9-3-8-12)17(15,16)11-6-4-10(14)5-7-11/h4-7,14H,2-3,9H2,1H3. The van der Waals surface area contributed by atoms with Gasteiger partial charge in [-0.15, -0.1) is 0 Å². The predicted molar refractivity (Wildman–Crippen MR) is 62.8 cm³/mol. The number of rotatable bonds is 5. The first-order valence-electron chi connectivity index (χ1n) is 5.18. The smallest absolute Gasteiger partial charge is 0.243 e. The van der Waals surface area contributed by atoms with Gasteiger partial charge in [-0.3, -0.25) is 0 Å². The Labute approximate surface area is 101 Å².